The maximum Gasteiger partial charge on any atom is 0.233 e. The quantitative estimate of drug-likeness (QED) is 0.816. The zero-order valence-electron chi connectivity index (χ0n) is 11.1. The molecule has 7 heteroatoms. The molecule has 1 aliphatic carbocycles. The van der Waals surface area contributed by atoms with Crippen molar-refractivity contribution in [3.63, 3.8) is 0 Å². The predicted octanol–water partition coefficient (Wildman–Crippen LogP) is 2.30. The molecule has 1 unspecified atom stereocenters. The van der Waals surface area contributed by atoms with Gasteiger partial charge in [0.2, 0.25) is 11.0 Å². The third kappa shape index (κ3) is 4.65. The fourth-order valence-corrected chi connectivity index (χ4v) is 4.06. The molecule has 19 heavy (non-hydrogen) atoms. The second-order valence-electron chi connectivity index (χ2n) is 4.92. The highest BCUT2D eigenvalue weighted by Gasteiger charge is 2.19. The average molecular weight is 300 g/mol. The first-order valence-corrected chi connectivity index (χ1v) is 8.38. The number of nitrogens with two attached hydrogens (primary N) is 1. The summed E-state index contributed by atoms with van der Waals surface area (Å²) in [6, 6.07) is 0. The largest absolute Gasteiger partial charge is 0.374 e. The molecule has 1 aromatic rings. The standard InChI is InChI=1S/C12H20N4OS2/c1-8(18-12-16-15-11(13)19-12)10(17)14-7-9-5-3-2-4-6-9/h8-9H,2-7H2,1H3,(H2,13,15)(H,14,17). The summed E-state index contributed by atoms with van der Waals surface area (Å²) in [4.78, 5) is 12.0. The molecule has 0 saturated heterocycles. The van der Waals surface area contributed by atoms with Crippen molar-refractivity contribution in [3.8, 4) is 0 Å². The topological polar surface area (TPSA) is 80.9 Å². The maximum absolute atomic E-state index is 12.0. The zero-order valence-corrected chi connectivity index (χ0v) is 12.7. The predicted molar refractivity (Wildman–Crippen MR) is 79.2 cm³/mol. The number of aromatic nitrogens is 2. The molecule has 2 rings (SSSR count). The van der Waals surface area contributed by atoms with Gasteiger partial charge in [-0.3, -0.25) is 4.79 Å². The van der Waals surface area contributed by atoms with Crippen molar-refractivity contribution < 1.29 is 4.79 Å². The van der Waals surface area contributed by atoms with E-state index in [-0.39, 0.29) is 11.2 Å². The molecule has 0 spiro atoms. The SMILES string of the molecule is CC(Sc1nnc(N)s1)C(=O)NCC1CCCCC1. The summed E-state index contributed by atoms with van der Waals surface area (Å²) < 4.78 is 0.748. The highest BCUT2D eigenvalue weighted by Crippen LogP contribution is 2.27. The number of carbonyl (C=O) groups is 1. The van der Waals surface area contributed by atoms with Crippen LogP contribution in [-0.4, -0.2) is 27.9 Å². The van der Waals surface area contributed by atoms with Gasteiger partial charge in [-0.25, -0.2) is 0 Å². The molecule has 1 amide bonds. The van der Waals surface area contributed by atoms with Gasteiger partial charge in [-0.05, 0) is 25.7 Å². The van der Waals surface area contributed by atoms with E-state index < -0.39 is 0 Å². The minimum absolute atomic E-state index is 0.0735. The molecular formula is C12H20N4OS2. The van der Waals surface area contributed by atoms with E-state index >= 15 is 0 Å². The van der Waals surface area contributed by atoms with Crippen LogP contribution in [0, 0.1) is 5.92 Å². The first-order chi connectivity index (χ1) is 9.15. The molecule has 3 N–H and O–H groups in total. The van der Waals surface area contributed by atoms with E-state index in [1.54, 1.807) is 0 Å². The van der Waals surface area contributed by atoms with Gasteiger partial charge in [0.1, 0.15) is 0 Å². The average Bonchev–Trinajstić information content (AvgIpc) is 2.82. The van der Waals surface area contributed by atoms with E-state index in [1.165, 1.54) is 55.2 Å². The summed E-state index contributed by atoms with van der Waals surface area (Å²) in [6.45, 7) is 2.69. The molecule has 0 bridgehead atoms. The van der Waals surface area contributed by atoms with Gasteiger partial charge in [0, 0.05) is 6.54 Å². The normalized spacial score (nSPS) is 18.2. The Hall–Kier alpha value is -0.820. The van der Waals surface area contributed by atoms with Crippen molar-refractivity contribution in [3.05, 3.63) is 0 Å². The summed E-state index contributed by atoms with van der Waals surface area (Å²) in [5.41, 5.74) is 5.52. The zero-order chi connectivity index (χ0) is 13.7. The lowest BCUT2D eigenvalue weighted by molar-refractivity contribution is -0.120. The molecule has 1 heterocycles. The van der Waals surface area contributed by atoms with Gasteiger partial charge in [-0.1, -0.05) is 42.4 Å². The lowest BCUT2D eigenvalue weighted by Gasteiger charge is -2.22. The van der Waals surface area contributed by atoms with Crippen molar-refractivity contribution in [1.29, 1.82) is 0 Å². The van der Waals surface area contributed by atoms with Crippen LogP contribution < -0.4 is 11.1 Å². The van der Waals surface area contributed by atoms with Crippen LogP contribution in [0.1, 0.15) is 39.0 Å². The first-order valence-electron chi connectivity index (χ1n) is 6.68. The molecule has 5 nitrogen and oxygen atoms in total. The van der Waals surface area contributed by atoms with Crippen LogP contribution in [-0.2, 0) is 4.79 Å². The van der Waals surface area contributed by atoms with Gasteiger partial charge < -0.3 is 11.1 Å². The van der Waals surface area contributed by atoms with Crippen molar-refractivity contribution in [2.24, 2.45) is 5.92 Å². The number of hydrogen-bond acceptors (Lipinski definition) is 6. The molecule has 1 fully saturated rings. The van der Waals surface area contributed by atoms with Gasteiger partial charge in [-0.15, -0.1) is 10.2 Å². The Labute approximate surface area is 121 Å². The monoisotopic (exact) mass is 300 g/mol. The van der Waals surface area contributed by atoms with Crippen molar-refractivity contribution in [2.45, 2.75) is 48.6 Å². The van der Waals surface area contributed by atoms with Crippen molar-refractivity contribution in [1.82, 2.24) is 15.5 Å². The van der Waals surface area contributed by atoms with E-state index in [0.717, 1.165) is 10.9 Å². The van der Waals surface area contributed by atoms with E-state index in [9.17, 15) is 4.79 Å². The Balaban J connectivity index is 1.72. The lowest BCUT2D eigenvalue weighted by atomic mass is 9.89. The third-order valence-corrected chi connectivity index (χ3v) is 5.30. The maximum atomic E-state index is 12.0. The number of rotatable bonds is 5. The molecule has 0 radical (unpaired) electrons. The second kappa shape index (κ2) is 7.09. The Morgan fingerprint density at radius 3 is 2.84 bits per heavy atom. The first kappa shape index (κ1) is 14.6. The Bertz CT molecular complexity index is 418. The molecule has 1 aromatic heterocycles. The van der Waals surface area contributed by atoms with Crippen LogP contribution >= 0.6 is 23.1 Å². The van der Waals surface area contributed by atoms with Crippen LogP contribution in [0.5, 0.6) is 0 Å². The minimum Gasteiger partial charge on any atom is -0.374 e. The van der Waals surface area contributed by atoms with Crippen molar-refractivity contribution >= 4 is 34.1 Å². The van der Waals surface area contributed by atoms with E-state index in [0.29, 0.717) is 11.0 Å². The Kier molecular flexibility index (Phi) is 5.45. The summed E-state index contributed by atoms with van der Waals surface area (Å²) >= 11 is 2.73. The molecule has 0 aromatic carbocycles. The summed E-state index contributed by atoms with van der Waals surface area (Å²) in [5.74, 6) is 0.733. The summed E-state index contributed by atoms with van der Waals surface area (Å²) in [5, 5.41) is 11.0. The van der Waals surface area contributed by atoms with Crippen LogP contribution in [0.25, 0.3) is 0 Å². The van der Waals surface area contributed by atoms with Gasteiger partial charge in [-0.2, -0.15) is 0 Å². The van der Waals surface area contributed by atoms with Crippen LogP contribution in [0.15, 0.2) is 4.34 Å². The molecule has 1 atom stereocenters. The Morgan fingerprint density at radius 2 is 2.21 bits per heavy atom. The molecule has 0 aliphatic heterocycles. The fraction of sp³-hybridized carbons (Fsp3) is 0.750. The van der Waals surface area contributed by atoms with Gasteiger partial charge in [0.15, 0.2) is 4.34 Å². The van der Waals surface area contributed by atoms with E-state index in [2.05, 4.69) is 15.5 Å². The highest BCUT2D eigenvalue weighted by molar-refractivity contribution is 8.02. The molecule has 1 saturated carbocycles. The fourth-order valence-electron chi connectivity index (χ4n) is 2.25. The summed E-state index contributed by atoms with van der Waals surface area (Å²) in [7, 11) is 0. The number of amides is 1. The van der Waals surface area contributed by atoms with Crippen molar-refractivity contribution in [2.75, 3.05) is 12.3 Å². The van der Waals surface area contributed by atoms with Gasteiger partial charge in [0.25, 0.3) is 0 Å². The molecule has 106 valence electrons. The number of anilines is 1. The van der Waals surface area contributed by atoms with Gasteiger partial charge in [0.05, 0.1) is 5.25 Å². The number of hydrogen-bond donors (Lipinski definition) is 2. The van der Waals surface area contributed by atoms with E-state index in [1.807, 2.05) is 6.92 Å². The number of carbonyl (C=O) groups excluding carboxylic acids is 1. The van der Waals surface area contributed by atoms with Crippen LogP contribution in [0.3, 0.4) is 0 Å². The number of nitrogen functional groups attached to an aromatic ring is 1. The third-order valence-electron chi connectivity index (χ3n) is 3.36. The van der Waals surface area contributed by atoms with Crippen LogP contribution in [0.4, 0.5) is 5.13 Å². The minimum atomic E-state index is -0.157. The Morgan fingerprint density at radius 1 is 1.47 bits per heavy atom. The second-order valence-corrected chi connectivity index (χ2v) is 7.51. The molecular weight excluding hydrogens is 280 g/mol. The number of nitrogens with one attached hydrogen (secondary N) is 1. The van der Waals surface area contributed by atoms with Crippen LogP contribution in [0.2, 0.25) is 0 Å². The number of thioether (sulfide) groups is 1. The van der Waals surface area contributed by atoms with Gasteiger partial charge >= 0.3 is 0 Å². The smallest absolute Gasteiger partial charge is 0.233 e. The number of nitrogens with zero attached hydrogens (tertiary/aromatic N) is 2. The lowest BCUT2D eigenvalue weighted by Crippen LogP contribution is -2.35. The summed E-state index contributed by atoms with van der Waals surface area (Å²) in [6.07, 6.45) is 6.43. The molecule has 1 aliphatic rings. The van der Waals surface area contributed by atoms with E-state index in [4.69, 9.17) is 5.73 Å². The highest BCUT2D eigenvalue weighted by atomic mass is 32.2.